The second-order valence-corrected chi connectivity index (χ2v) is 12.0. The van der Waals surface area contributed by atoms with E-state index in [0.29, 0.717) is 18.5 Å². The number of carboxylic acid groups (broad SMARTS) is 1. The quantitative estimate of drug-likeness (QED) is 0.256. The fourth-order valence-corrected chi connectivity index (χ4v) is 6.50. The van der Waals surface area contributed by atoms with Crippen LogP contribution in [0.2, 0.25) is 0 Å². The van der Waals surface area contributed by atoms with Crippen molar-refractivity contribution in [2.75, 3.05) is 18.0 Å². The van der Waals surface area contributed by atoms with E-state index >= 15 is 0 Å². The third-order valence-electron chi connectivity index (χ3n) is 8.90. The van der Waals surface area contributed by atoms with Gasteiger partial charge in [-0.2, -0.15) is 0 Å². The predicted octanol–water partition coefficient (Wildman–Crippen LogP) is 5.25. The molecule has 4 aromatic carbocycles. The van der Waals surface area contributed by atoms with Gasteiger partial charge in [0.05, 0.1) is 18.7 Å². The number of amides is 3. The van der Waals surface area contributed by atoms with E-state index in [0.717, 1.165) is 27.8 Å². The standard InChI is InChI=1S/C38H37N3O6/c42-35(40-24-31-17-8-7-15-29(31)21-32(40)23-36(43)44)25-39(20-19-27-11-3-1-4-12-27)37(45)34-22-30-16-9-10-18-33(30)41(34)38(46)47-26-28-13-5-2-6-14-28/h1-18,32,34H,19-26H2,(H,43,44)/t32-,34-/m1/s1. The molecule has 2 aliphatic rings. The molecule has 0 saturated carbocycles. The lowest BCUT2D eigenvalue weighted by Gasteiger charge is -2.38. The molecule has 0 unspecified atom stereocenters. The van der Waals surface area contributed by atoms with E-state index in [2.05, 4.69) is 0 Å². The predicted molar refractivity (Wildman–Crippen MR) is 177 cm³/mol. The number of benzene rings is 4. The van der Waals surface area contributed by atoms with Gasteiger partial charge in [0.2, 0.25) is 11.8 Å². The van der Waals surface area contributed by atoms with Gasteiger partial charge < -0.3 is 19.6 Å². The molecular weight excluding hydrogens is 594 g/mol. The Kier molecular flexibility index (Phi) is 9.61. The summed E-state index contributed by atoms with van der Waals surface area (Å²) in [6.07, 6.45) is 0.367. The van der Waals surface area contributed by atoms with Crippen molar-refractivity contribution in [2.24, 2.45) is 0 Å². The van der Waals surface area contributed by atoms with Crippen LogP contribution in [0.4, 0.5) is 10.5 Å². The lowest BCUT2D eigenvalue weighted by atomic mass is 9.92. The number of carbonyl (C=O) groups is 4. The van der Waals surface area contributed by atoms with Gasteiger partial charge in [-0.25, -0.2) is 4.79 Å². The van der Waals surface area contributed by atoms with E-state index in [-0.39, 0.29) is 50.9 Å². The monoisotopic (exact) mass is 631 g/mol. The highest BCUT2D eigenvalue weighted by Crippen LogP contribution is 2.34. The molecule has 2 atom stereocenters. The number of carbonyl (C=O) groups excluding carboxylic acids is 3. The molecule has 4 aromatic rings. The number of fused-ring (bicyclic) bond motifs is 2. The molecule has 2 aliphatic heterocycles. The van der Waals surface area contributed by atoms with Crippen LogP contribution in [0.1, 0.15) is 34.2 Å². The zero-order valence-corrected chi connectivity index (χ0v) is 26.0. The maximum atomic E-state index is 14.5. The topological polar surface area (TPSA) is 107 Å². The van der Waals surface area contributed by atoms with Crippen molar-refractivity contribution in [3.63, 3.8) is 0 Å². The largest absolute Gasteiger partial charge is 0.481 e. The van der Waals surface area contributed by atoms with Gasteiger partial charge >= 0.3 is 12.1 Å². The maximum absolute atomic E-state index is 14.5. The number of anilines is 1. The van der Waals surface area contributed by atoms with E-state index < -0.39 is 24.1 Å². The molecule has 3 amide bonds. The first kappa shape index (κ1) is 31.5. The fraction of sp³-hybridized carbons (Fsp3) is 0.263. The van der Waals surface area contributed by atoms with E-state index in [9.17, 15) is 24.3 Å². The highest BCUT2D eigenvalue weighted by Gasteiger charge is 2.42. The van der Waals surface area contributed by atoms with E-state index in [4.69, 9.17) is 4.74 Å². The summed E-state index contributed by atoms with van der Waals surface area (Å²) >= 11 is 0. The number of carboxylic acids is 1. The molecule has 0 spiro atoms. The molecule has 0 aromatic heterocycles. The number of nitrogens with zero attached hydrogens (tertiary/aromatic N) is 3. The summed E-state index contributed by atoms with van der Waals surface area (Å²) in [5, 5.41) is 9.67. The van der Waals surface area contributed by atoms with E-state index in [1.54, 1.807) is 11.0 Å². The molecule has 0 bridgehead atoms. The summed E-state index contributed by atoms with van der Waals surface area (Å²) in [6.45, 7) is 0.309. The van der Waals surface area contributed by atoms with Crippen LogP contribution in [0, 0.1) is 0 Å². The van der Waals surface area contributed by atoms with Crippen molar-refractivity contribution >= 4 is 29.6 Å². The van der Waals surface area contributed by atoms with Gasteiger partial charge in [-0.3, -0.25) is 19.3 Å². The summed E-state index contributed by atoms with van der Waals surface area (Å²) < 4.78 is 5.70. The first-order valence-corrected chi connectivity index (χ1v) is 15.9. The van der Waals surface area contributed by atoms with Gasteiger partial charge in [0.25, 0.3) is 0 Å². The van der Waals surface area contributed by atoms with Gasteiger partial charge in [-0.15, -0.1) is 0 Å². The summed E-state index contributed by atoms with van der Waals surface area (Å²) in [7, 11) is 0. The molecule has 6 rings (SSSR count). The summed E-state index contributed by atoms with van der Waals surface area (Å²) in [5.74, 6) is -1.69. The third kappa shape index (κ3) is 7.35. The minimum absolute atomic E-state index is 0.0524. The number of aliphatic carboxylic acids is 1. The molecule has 9 heteroatoms. The van der Waals surface area contributed by atoms with Crippen molar-refractivity contribution in [1.82, 2.24) is 9.80 Å². The molecule has 240 valence electrons. The second kappa shape index (κ2) is 14.3. The summed E-state index contributed by atoms with van der Waals surface area (Å²) in [4.78, 5) is 58.5. The van der Waals surface area contributed by atoms with Crippen molar-refractivity contribution in [1.29, 1.82) is 0 Å². The van der Waals surface area contributed by atoms with Crippen molar-refractivity contribution in [3.8, 4) is 0 Å². The van der Waals surface area contributed by atoms with Gasteiger partial charge in [0.15, 0.2) is 0 Å². The summed E-state index contributed by atoms with van der Waals surface area (Å²) in [6, 6.07) is 32.7. The van der Waals surface area contributed by atoms with Gasteiger partial charge in [-0.1, -0.05) is 103 Å². The molecule has 1 N–H and O–H groups in total. The zero-order valence-electron chi connectivity index (χ0n) is 26.0. The van der Waals surface area contributed by atoms with Crippen LogP contribution in [0.15, 0.2) is 109 Å². The van der Waals surface area contributed by atoms with Crippen LogP contribution in [0.5, 0.6) is 0 Å². The Morgan fingerprint density at radius 1 is 0.745 bits per heavy atom. The number of rotatable bonds is 10. The Hall–Kier alpha value is -5.44. The molecule has 0 radical (unpaired) electrons. The minimum atomic E-state index is -0.988. The molecule has 47 heavy (non-hydrogen) atoms. The fourth-order valence-electron chi connectivity index (χ4n) is 6.50. The third-order valence-corrected chi connectivity index (χ3v) is 8.90. The Balaban J connectivity index is 1.26. The van der Waals surface area contributed by atoms with E-state index in [1.165, 1.54) is 9.80 Å². The molecular formula is C38H37N3O6. The first-order chi connectivity index (χ1) is 22.9. The molecule has 2 heterocycles. The van der Waals surface area contributed by atoms with Crippen LogP contribution >= 0.6 is 0 Å². The van der Waals surface area contributed by atoms with Gasteiger partial charge in [0, 0.05) is 25.6 Å². The molecule has 0 fully saturated rings. The lowest BCUT2D eigenvalue weighted by molar-refractivity contribution is -0.145. The molecule has 9 nitrogen and oxygen atoms in total. The Morgan fingerprint density at radius 3 is 2.06 bits per heavy atom. The van der Waals surface area contributed by atoms with Crippen LogP contribution < -0.4 is 4.90 Å². The van der Waals surface area contributed by atoms with Crippen molar-refractivity contribution in [3.05, 3.63) is 137 Å². The lowest BCUT2D eigenvalue weighted by Crippen LogP contribution is -2.54. The van der Waals surface area contributed by atoms with E-state index in [1.807, 2.05) is 103 Å². The first-order valence-electron chi connectivity index (χ1n) is 15.9. The Morgan fingerprint density at radius 2 is 1.36 bits per heavy atom. The molecule has 0 aliphatic carbocycles. The smallest absolute Gasteiger partial charge is 0.415 e. The Labute approximate surface area is 274 Å². The number of ether oxygens (including phenoxy) is 1. The SMILES string of the molecule is O=C(O)C[C@H]1Cc2ccccc2CN1C(=O)CN(CCc1ccccc1)C(=O)[C@H]1Cc2ccccc2N1C(=O)OCc1ccccc1. The average molecular weight is 632 g/mol. The van der Waals surface area contributed by atoms with Gasteiger partial charge in [0.1, 0.15) is 12.6 Å². The Bertz CT molecular complexity index is 1740. The second-order valence-electron chi connectivity index (χ2n) is 12.0. The number of para-hydroxylation sites is 1. The maximum Gasteiger partial charge on any atom is 0.415 e. The highest BCUT2D eigenvalue weighted by molar-refractivity contribution is 6.01. The zero-order chi connectivity index (χ0) is 32.8. The van der Waals surface area contributed by atoms with Crippen molar-refractivity contribution < 1.29 is 29.0 Å². The van der Waals surface area contributed by atoms with Crippen LogP contribution in [-0.4, -0.2) is 64.0 Å². The van der Waals surface area contributed by atoms with Crippen LogP contribution in [0.3, 0.4) is 0 Å². The van der Waals surface area contributed by atoms with Crippen molar-refractivity contribution in [2.45, 2.75) is 50.9 Å². The van der Waals surface area contributed by atoms with Crippen LogP contribution in [0.25, 0.3) is 0 Å². The van der Waals surface area contributed by atoms with Crippen LogP contribution in [-0.2, 0) is 51.5 Å². The summed E-state index contributed by atoms with van der Waals surface area (Å²) in [5.41, 5.74) is 5.25. The highest BCUT2D eigenvalue weighted by atomic mass is 16.6. The minimum Gasteiger partial charge on any atom is -0.481 e. The normalized spacial score (nSPS) is 16.6. The molecule has 0 saturated heterocycles. The van der Waals surface area contributed by atoms with Gasteiger partial charge in [-0.05, 0) is 46.7 Å². The number of hydrogen-bond donors (Lipinski definition) is 1. The average Bonchev–Trinajstić information content (AvgIpc) is 3.49. The number of hydrogen-bond acceptors (Lipinski definition) is 5.